The summed E-state index contributed by atoms with van der Waals surface area (Å²) in [5, 5.41) is 2.51. The Balaban J connectivity index is 2.74. The lowest BCUT2D eigenvalue weighted by Gasteiger charge is -2.26. The SMILES string of the molecule is C=CCNC(=O)C(=O)N(Cc1ccccc1)C(C)C. The van der Waals surface area contributed by atoms with E-state index < -0.39 is 11.8 Å². The van der Waals surface area contributed by atoms with E-state index in [0.717, 1.165) is 5.56 Å². The van der Waals surface area contributed by atoms with Gasteiger partial charge in [-0.05, 0) is 19.4 Å². The molecule has 4 nitrogen and oxygen atoms in total. The van der Waals surface area contributed by atoms with Crippen LogP contribution in [0.25, 0.3) is 0 Å². The third-order valence-electron chi connectivity index (χ3n) is 2.68. The van der Waals surface area contributed by atoms with Crippen molar-refractivity contribution in [3.63, 3.8) is 0 Å². The maximum absolute atomic E-state index is 12.1. The van der Waals surface area contributed by atoms with Gasteiger partial charge in [0.25, 0.3) is 0 Å². The number of amides is 2. The van der Waals surface area contributed by atoms with E-state index in [-0.39, 0.29) is 6.04 Å². The highest BCUT2D eigenvalue weighted by atomic mass is 16.2. The molecule has 0 aliphatic heterocycles. The van der Waals surface area contributed by atoms with Crippen LogP contribution in [0.4, 0.5) is 0 Å². The van der Waals surface area contributed by atoms with Gasteiger partial charge in [0.05, 0.1) is 0 Å². The Hall–Kier alpha value is -2.10. The molecule has 0 unspecified atom stereocenters. The van der Waals surface area contributed by atoms with Crippen molar-refractivity contribution in [2.75, 3.05) is 6.54 Å². The predicted octanol–water partition coefficient (Wildman–Crippen LogP) is 1.73. The van der Waals surface area contributed by atoms with Crippen LogP contribution >= 0.6 is 0 Å². The first kappa shape index (κ1) is 15.0. The zero-order valence-electron chi connectivity index (χ0n) is 11.4. The second-order valence-electron chi connectivity index (χ2n) is 4.51. The van der Waals surface area contributed by atoms with E-state index >= 15 is 0 Å². The Morgan fingerprint density at radius 3 is 2.47 bits per heavy atom. The van der Waals surface area contributed by atoms with Crippen molar-refractivity contribution in [2.24, 2.45) is 0 Å². The van der Waals surface area contributed by atoms with E-state index in [4.69, 9.17) is 0 Å². The summed E-state index contributed by atoms with van der Waals surface area (Å²) >= 11 is 0. The molecule has 1 aromatic rings. The smallest absolute Gasteiger partial charge is 0.312 e. The molecule has 0 aliphatic carbocycles. The van der Waals surface area contributed by atoms with Gasteiger partial charge in [-0.2, -0.15) is 0 Å². The quantitative estimate of drug-likeness (QED) is 0.647. The van der Waals surface area contributed by atoms with E-state index in [2.05, 4.69) is 11.9 Å². The third-order valence-corrected chi connectivity index (χ3v) is 2.68. The molecule has 0 fully saturated rings. The highest BCUT2D eigenvalue weighted by Crippen LogP contribution is 2.08. The topological polar surface area (TPSA) is 49.4 Å². The second kappa shape index (κ2) is 7.36. The highest BCUT2D eigenvalue weighted by Gasteiger charge is 2.23. The lowest BCUT2D eigenvalue weighted by molar-refractivity contribution is -0.147. The van der Waals surface area contributed by atoms with Gasteiger partial charge in [0.1, 0.15) is 0 Å². The first-order valence-electron chi connectivity index (χ1n) is 6.30. The van der Waals surface area contributed by atoms with E-state index in [1.54, 1.807) is 11.0 Å². The molecule has 19 heavy (non-hydrogen) atoms. The molecular weight excluding hydrogens is 240 g/mol. The van der Waals surface area contributed by atoms with Crippen molar-refractivity contribution in [1.82, 2.24) is 10.2 Å². The lowest BCUT2D eigenvalue weighted by Crippen LogP contribution is -2.45. The molecule has 0 spiro atoms. The first-order chi connectivity index (χ1) is 9.06. The van der Waals surface area contributed by atoms with Crippen LogP contribution in [0, 0.1) is 0 Å². The minimum Gasteiger partial charge on any atom is -0.344 e. The standard InChI is InChI=1S/C15H20N2O2/c1-4-10-16-14(18)15(19)17(12(2)3)11-13-8-6-5-7-9-13/h4-9,12H,1,10-11H2,2-3H3,(H,16,18). The first-order valence-corrected chi connectivity index (χ1v) is 6.30. The molecule has 1 rings (SSSR count). The fourth-order valence-corrected chi connectivity index (χ4v) is 1.64. The van der Waals surface area contributed by atoms with Crippen LogP contribution in [-0.4, -0.2) is 29.3 Å². The Bertz CT molecular complexity index is 441. The summed E-state index contributed by atoms with van der Waals surface area (Å²) in [7, 11) is 0. The van der Waals surface area contributed by atoms with Gasteiger partial charge in [-0.3, -0.25) is 9.59 Å². The van der Waals surface area contributed by atoms with E-state index in [9.17, 15) is 9.59 Å². The number of hydrogen-bond acceptors (Lipinski definition) is 2. The van der Waals surface area contributed by atoms with E-state index in [1.807, 2.05) is 44.2 Å². The Labute approximate surface area is 114 Å². The monoisotopic (exact) mass is 260 g/mol. The average Bonchev–Trinajstić information content (AvgIpc) is 2.42. The fourth-order valence-electron chi connectivity index (χ4n) is 1.64. The van der Waals surface area contributed by atoms with Crippen LogP contribution in [0.3, 0.4) is 0 Å². The molecule has 0 heterocycles. The molecule has 1 N–H and O–H groups in total. The molecule has 0 atom stereocenters. The van der Waals surface area contributed by atoms with Gasteiger partial charge in [-0.15, -0.1) is 6.58 Å². The van der Waals surface area contributed by atoms with Gasteiger partial charge < -0.3 is 10.2 Å². The normalized spacial score (nSPS) is 10.1. The van der Waals surface area contributed by atoms with Crippen LogP contribution in [-0.2, 0) is 16.1 Å². The van der Waals surface area contributed by atoms with Crippen molar-refractivity contribution in [2.45, 2.75) is 26.4 Å². The molecule has 2 amide bonds. The van der Waals surface area contributed by atoms with Crippen LogP contribution < -0.4 is 5.32 Å². The zero-order valence-corrected chi connectivity index (χ0v) is 11.4. The number of carbonyl (C=O) groups excluding carboxylic acids is 2. The predicted molar refractivity (Wildman–Crippen MR) is 75.3 cm³/mol. The minimum absolute atomic E-state index is 0.0396. The zero-order chi connectivity index (χ0) is 14.3. The van der Waals surface area contributed by atoms with Crippen molar-refractivity contribution >= 4 is 11.8 Å². The summed E-state index contributed by atoms with van der Waals surface area (Å²) in [6.07, 6.45) is 1.54. The average molecular weight is 260 g/mol. The molecule has 0 bridgehead atoms. The fraction of sp³-hybridized carbons (Fsp3) is 0.333. The van der Waals surface area contributed by atoms with Gasteiger partial charge in [0.15, 0.2) is 0 Å². The van der Waals surface area contributed by atoms with E-state index in [1.165, 1.54) is 0 Å². The van der Waals surface area contributed by atoms with Crippen molar-refractivity contribution < 1.29 is 9.59 Å². The molecule has 4 heteroatoms. The highest BCUT2D eigenvalue weighted by molar-refractivity contribution is 6.35. The summed E-state index contributed by atoms with van der Waals surface area (Å²) in [5.41, 5.74) is 1.00. The molecular formula is C15H20N2O2. The number of benzene rings is 1. The van der Waals surface area contributed by atoms with Crippen LogP contribution in [0.1, 0.15) is 19.4 Å². The summed E-state index contributed by atoms with van der Waals surface area (Å²) in [5.74, 6) is -1.11. The Morgan fingerprint density at radius 1 is 1.32 bits per heavy atom. The van der Waals surface area contributed by atoms with Gasteiger partial charge in [-0.25, -0.2) is 0 Å². The largest absolute Gasteiger partial charge is 0.344 e. The molecule has 0 saturated carbocycles. The van der Waals surface area contributed by atoms with Crippen molar-refractivity contribution in [3.8, 4) is 0 Å². The minimum atomic E-state index is -0.593. The molecule has 0 radical (unpaired) electrons. The van der Waals surface area contributed by atoms with E-state index in [0.29, 0.717) is 13.1 Å². The van der Waals surface area contributed by atoms with Gasteiger partial charge >= 0.3 is 11.8 Å². The summed E-state index contributed by atoms with van der Waals surface area (Å²) < 4.78 is 0. The molecule has 0 aliphatic rings. The third kappa shape index (κ3) is 4.58. The van der Waals surface area contributed by atoms with Gasteiger partial charge in [0.2, 0.25) is 0 Å². The summed E-state index contributed by atoms with van der Waals surface area (Å²) in [4.78, 5) is 25.3. The Kier molecular flexibility index (Phi) is 5.79. The molecule has 102 valence electrons. The summed E-state index contributed by atoms with van der Waals surface area (Å²) in [6.45, 7) is 8.00. The maximum Gasteiger partial charge on any atom is 0.312 e. The Morgan fingerprint density at radius 2 is 1.95 bits per heavy atom. The van der Waals surface area contributed by atoms with Crippen LogP contribution in [0.2, 0.25) is 0 Å². The van der Waals surface area contributed by atoms with Gasteiger partial charge in [0, 0.05) is 19.1 Å². The van der Waals surface area contributed by atoms with Crippen LogP contribution in [0.15, 0.2) is 43.0 Å². The maximum atomic E-state index is 12.1. The number of nitrogens with one attached hydrogen (secondary N) is 1. The molecule has 0 saturated heterocycles. The lowest BCUT2D eigenvalue weighted by atomic mass is 10.2. The second-order valence-corrected chi connectivity index (χ2v) is 4.51. The number of rotatable bonds is 5. The number of hydrogen-bond donors (Lipinski definition) is 1. The number of nitrogens with zero attached hydrogens (tertiary/aromatic N) is 1. The van der Waals surface area contributed by atoms with Gasteiger partial charge in [-0.1, -0.05) is 36.4 Å². The summed E-state index contributed by atoms with van der Waals surface area (Å²) in [6, 6.07) is 9.57. The van der Waals surface area contributed by atoms with Crippen molar-refractivity contribution in [1.29, 1.82) is 0 Å². The number of carbonyl (C=O) groups is 2. The van der Waals surface area contributed by atoms with Crippen molar-refractivity contribution in [3.05, 3.63) is 48.6 Å². The molecule has 1 aromatic carbocycles. The molecule has 0 aromatic heterocycles. The van der Waals surface area contributed by atoms with Crippen LogP contribution in [0.5, 0.6) is 0 Å².